The Kier molecular flexibility index (Phi) is 5.38. The molecule has 0 spiro atoms. The van der Waals surface area contributed by atoms with Crippen LogP contribution in [0.15, 0.2) is 64.2 Å². The Morgan fingerprint density at radius 2 is 1.89 bits per heavy atom. The number of carbonyl (C=O) groups is 2. The molecule has 4 rings (SSSR count). The molecule has 1 N–H and O–H groups in total. The number of para-hydroxylation sites is 2. The first-order valence-electron chi connectivity index (χ1n) is 8.92. The molecule has 0 radical (unpaired) electrons. The SMILES string of the molecule is O=C(CSc1nnc(-c2ccccc2)o1)Nc1ccccc1N1CCCC1=O. The van der Waals surface area contributed by atoms with Crippen molar-refractivity contribution in [1.29, 1.82) is 0 Å². The van der Waals surface area contributed by atoms with Gasteiger partial charge in [0.2, 0.25) is 17.7 Å². The first-order chi connectivity index (χ1) is 13.7. The topological polar surface area (TPSA) is 88.3 Å². The van der Waals surface area contributed by atoms with E-state index in [1.807, 2.05) is 48.5 Å². The number of nitrogens with one attached hydrogen (secondary N) is 1. The summed E-state index contributed by atoms with van der Waals surface area (Å²) in [5, 5.41) is 11.2. The van der Waals surface area contributed by atoms with Gasteiger partial charge in [-0.2, -0.15) is 0 Å². The average molecular weight is 394 g/mol. The first kappa shape index (κ1) is 18.2. The Morgan fingerprint density at radius 1 is 1.11 bits per heavy atom. The molecule has 0 atom stereocenters. The van der Waals surface area contributed by atoms with Crippen LogP contribution in [0.2, 0.25) is 0 Å². The van der Waals surface area contributed by atoms with E-state index < -0.39 is 0 Å². The number of nitrogens with zero attached hydrogens (tertiary/aromatic N) is 3. The third kappa shape index (κ3) is 4.07. The summed E-state index contributed by atoms with van der Waals surface area (Å²) in [5.74, 6) is 0.416. The first-order valence-corrected chi connectivity index (χ1v) is 9.90. The molecule has 0 saturated carbocycles. The molecule has 8 heteroatoms. The van der Waals surface area contributed by atoms with Gasteiger partial charge in [-0.25, -0.2) is 0 Å². The van der Waals surface area contributed by atoms with Gasteiger partial charge in [0, 0.05) is 18.5 Å². The number of carbonyl (C=O) groups excluding carboxylic acids is 2. The smallest absolute Gasteiger partial charge is 0.277 e. The maximum Gasteiger partial charge on any atom is 0.277 e. The van der Waals surface area contributed by atoms with Gasteiger partial charge in [-0.1, -0.05) is 42.1 Å². The van der Waals surface area contributed by atoms with E-state index in [4.69, 9.17) is 4.42 Å². The summed E-state index contributed by atoms with van der Waals surface area (Å²) in [5.41, 5.74) is 2.18. The number of rotatable bonds is 6. The van der Waals surface area contributed by atoms with Crippen LogP contribution in [0.25, 0.3) is 11.5 Å². The lowest BCUT2D eigenvalue weighted by Gasteiger charge is -2.19. The highest BCUT2D eigenvalue weighted by Gasteiger charge is 2.24. The molecular weight excluding hydrogens is 376 g/mol. The third-order valence-electron chi connectivity index (χ3n) is 4.30. The van der Waals surface area contributed by atoms with Gasteiger partial charge in [0.1, 0.15) is 0 Å². The fourth-order valence-electron chi connectivity index (χ4n) is 3.00. The quantitative estimate of drug-likeness (QED) is 0.643. The molecule has 1 saturated heterocycles. The zero-order chi connectivity index (χ0) is 19.3. The lowest BCUT2D eigenvalue weighted by Crippen LogP contribution is -2.25. The van der Waals surface area contributed by atoms with Crippen molar-refractivity contribution in [2.45, 2.75) is 18.1 Å². The van der Waals surface area contributed by atoms with Crippen molar-refractivity contribution in [2.75, 3.05) is 22.5 Å². The summed E-state index contributed by atoms with van der Waals surface area (Å²) >= 11 is 1.17. The molecule has 2 heterocycles. The number of hydrogen-bond donors (Lipinski definition) is 1. The van der Waals surface area contributed by atoms with Gasteiger partial charge < -0.3 is 14.6 Å². The highest BCUT2D eigenvalue weighted by Crippen LogP contribution is 2.30. The van der Waals surface area contributed by atoms with Crippen molar-refractivity contribution in [1.82, 2.24) is 10.2 Å². The summed E-state index contributed by atoms with van der Waals surface area (Å²) in [6.45, 7) is 0.671. The van der Waals surface area contributed by atoms with Crippen molar-refractivity contribution in [3.8, 4) is 11.5 Å². The molecule has 1 aliphatic rings. The summed E-state index contributed by atoms with van der Waals surface area (Å²) in [7, 11) is 0. The van der Waals surface area contributed by atoms with E-state index in [0.717, 1.165) is 17.7 Å². The van der Waals surface area contributed by atoms with E-state index in [1.165, 1.54) is 11.8 Å². The Labute approximate surface area is 166 Å². The second kappa shape index (κ2) is 8.26. The van der Waals surface area contributed by atoms with Gasteiger partial charge in [-0.15, -0.1) is 10.2 Å². The fraction of sp³-hybridized carbons (Fsp3) is 0.200. The van der Waals surface area contributed by atoms with Crippen LogP contribution in [0, 0.1) is 0 Å². The zero-order valence-electron chi connectivity index (χ0n) is 15.0. The zero-order valence-corrected chi connectivity index (χ0v) is 15.8. The molecule has 2 aromatic carbocycles. The molecule has 3 aromatic rings. The molecule has 0 aliphatic carbocycles. The van der Waals surface area contributed by atoms with Crippen LogP contribution in [-0.4, -0.2) is 34.3 Å². The average Bonchev–Trinajstić information content (AvgIpc) is 3.37. The molecule has 1 aromatic heterocycles. The molecular formula is C20H18N4O3S. The number of aromatic nitrogens is 2. The fourth-order valence-corrected chi connectivity index (χ4v) is 3.56. The molecule has 142 valence electrons. The van der Waals surface area contributed by atoms with Crippen LogP contribution in [-0.2, 0) is 9.59 Å². The van der Waals surface area contributed by atoms with E-state index in [2.05, 4.69) is 15.5 Å². The van der Waals surface area contributed by atoms with Crippen LogP contribution in [0.4, 0.5) is 11.4 Å². The highest BCUT2D eigenvalue weighted by molar-refractivity contribution is 7.99. The molecule has 28 heavy (non-hydrogen) atoms. The van der Waals surface area contributed by atoms with Crippen LogP contribution >= 0.6 is 11.8 Å². The Balaban J connectivity index is 1.38. The molecule has 2 amide bonds. The molecule has 0 unspecified atom stereocenters. The molecule has 0 bridgehead atoms. The Morgan fingerprint density at radius 3 is 2.68 bits per heavy atom. The molecule has 1 fully saturated rings. The van der Waals surface area contributed by atoms with E-state index in [-0.39, 0.29) is 17.6 Å². The minimum Gasteiger partial charge on any atom is -0.411 e. The number of amides is 2. The summed E-state index contributed by atoms with van der Waals surface area (Å²) in [6.07, 6.45) is 1.37. The minimum atomic E-state index is -0.205. The lowest BCUT2D eigenvalue weighted by molar-refractivity contribution is -0.117. The maximum absolute atomic E-state index is 12.4. The largest absolute Gasteiger partial charge is 0.411 e. The monoisotopic (exact) mass is 394 g/mol. The summed E-state index contributed by atoms with van der Waals surface area (Å²) in [4.78, 5) is 26.1. The van der Waals surface area contributed by atoms with Gasteiger partial charge in [0.25, 0.3) is 5.22 Å². The van der Waals surface area contributed by atoms with Crippen LogP contribution in [0.1, 0.15) is 12.8 Å². The second-order valence-electron chi connectivity index (χ2n) is 6.24. The van der Waals surface area contributed by atoms with Gasteiger partial charge in [0.15, 0.2) is 0 Å². The van der Waals surface area contributed by atoms with Gasteiger partial charge in [-0.3, -0.25) is 9.59 Å². The highest BCUT2D eigenvalue weighted by atomic mass is 32.2. The Hall–Kier alpha value is -3.13. The van der Waals surface area contributed by atoms with Crippen LogP contribution in [0.5, 0.6) is 0 Å². The predicted molar refractivity (Wildman–Crippen MR) is 107 cm³/mol. The van der Waals surface area contributed by atoms with Gasteiger partial charge in [-0.05, 0) is 30.7 Å². The normalized spacial score (nSPS) is 13.7. The number of anilines is 2. The molecule has 1 aliphatic heterocycles. The maximum atomic E-state index is 12.4. The standard InChI is InChI=1S/C20H18N4O3S/c25-17(13-28-20-23-22-19(27-20)14-7-2-1-3-8-14)21-15-9-4-5-10-16(15)24-12-6-11-18(24)26/h1-5,7-10H,6,11-13H2,(H,21,25). The van der Waals surface area contributed by atoms with Gasteiger partial charge >= 0.3 is 0 Å². The van der Waals surface area contributed by atoms with Crippen LogP contribution < -0.4 is 10.2 Å². The predicted octanol–water partition coefficient (Wildman–Crippen LogP) is 3.59. The van der Waals surface area contributed by atoms with Gasteiger partial charge in [0.05, 0.1) is 17.1 Å². The summed E-state index contributed by atoms with van der Waals surface area (Å²) in [6, 6.07) is 16.8. The number of thioether (sulfide) groups is 1. The lowest BCUT2D eigenvalue weighted by atomic mass is 10.2. The Bertz CT molecular complexity index is 990. The molecule has 7 nitrogen and oxygen atoms in total. The van der Waals surface area contributed by atoms with Crippen molar-refractivity contribution < 1.29 is 14.0 Å². The number of hydrogen-bond acceptors (Lipinski definition) is 6. The third-order valence-corrected chi connectivity index (χ3v) is 5.11. The van der Waals surface area contributed by atoms with Crippen molar-refractivity contribution in [3.63, 3.8) is 0 Å². The van der Waals surface area contributed by atoms with Crippen molar-refractivity contribution in [2.24, 2.45) is 0 Å². The number of benzene rings is 2. The summed E-state index contributed by atoms with van der Waals surface area (Å²) < 4.78 is 5.60. The van der Waals surface area contributed by atoms with E-state index in [1.54, 1.807) is 11.0 Å². The van der Waals surface area contributed by atoms with E-state index >= 15 is 0 Å². The van der Waals surface area contributed by atoms with E-state index in [0.29, 0.717) is 29.8 Å². The van der Waals surface area contributed by atoms with Crippen LogP contribution in [0.3, 0.4) is 0 Å². The van der Waals surface area contributed by atoms with E-state index in [9.17, 15) is 9.59 Å². The van der Waals surface area contributed by atoms with Crippen molar-refractivity contribution >= 4 is 35.0 Å². The minimum absolute atomic E-state index is 0.0791. The second-order valence-corrected chi connectivity index (χ2v) is 7.17. The van der Waals surface area contributed by atoms with Crippen molar-refractivity contribution in [3.05, 3.63) is 54.6 Å².